The Kier molecular flexibility index (Phi) is 4.00. The van der Waals surface area contributed by atoms with E-state index in [1.165, 1.54) is 16.8 Å². The van der Waals surface area contributed by atoms with Gasteiger partial charge in [0.25, 0.3) is 5.69 Å². The van der Waals surface area contributed by atoms with Crippen LogP contribution >= 0.6 is 0 Å². The second-order valence-corrected chi connectivity index (χ2v) is 3.67. The van der Waals surface area contributed by atoms with Gasteiger partial charge in [0.15, 0.2) is 11.7 Å². The van der Waals surface area contributed by atoms with Gasteiger partial charge in [-0.1, -0.05) is 11.3 Å². The van der Waals surface area contributed by atoms with E-state index in [4.69, 9.17) is 9.84 Å². The Hall–Kier alpha value is -2.10. The summed E-state index contributed by atoms with van der Waals surface area (Å²) in [5, 5.41) is 36.3. The number of hydrogen-bond acceptors (Lipinski definition) is 7. The standard InChI is InChI=1S/C10H12N4O5/c15-4-5-19-9(6-16)13-7-2-1-3-8(14(17)18)10(7)11-12-13/h1-3,9,15-16H,4-6H2/t9-/m0/s1. The van der Waals surface area contributed by atoms with Gasteiger partial charge in [0.05, 0.1) is 30.3 Å². The van der Waals surface area contributed by atoms with E-state index in [-0.39, 0.29) is 31.0 Å². The summed E-state index contributed by atoms with van der Waals surface area (Å²) < 4.78 is 6.43. The van der Waals surface area contributed by atoms with E-state index >= 15 is 0 Å². The van der Waals surface area contributed by atoms with Crippen molar-refractivity contribution in [2.45, 2.75) is 6.23 Å². The van der Waals surface area contributed by atoms with Crippen LogP contribution in [0.25, 0.3) is 11.0 Å². The molecule has 2 rings (SSSR count). The summed E-state index contributed by atoms with van der Waals surface area (Å²) in [6.07, 6.45) is -0.848. The van der Waals surface area contributed by atoms with Crippen molar-refractivity contribution in [3.05, 3.63) is 28.3 Å². The predicted octanol–water partition coefficient (Wildman–Crippen LogP) is -0.161. The van der Waals surface area contributed by atoms with Crippen LogP contribution in [0.15, 0.2) is 18.2 Å². The van der Waals surface area contributed by atoms with Gasteiger partial charge >= 0.3 is 0 Å². The van der Waals surface area contributed by atoms with Crippen molar-refractivity contribution in [1.82, 2.24) is 15.0 Å². The highest BCUT2D eigenvalue weighted by Crippen LogP contribution is 2.24. The van der Waals surface area contributed by atoms with Gasteiger partial charge in [-0.15, -0.1) is 5.10 Å². The average Bonchev–Trinajstić information content (AvgIpc) is 2.83. The van der Waals surface area contributed by atoms with Crippen molar-refractivity contribution in [3.63, 3.8) is 0 Å². The van der Waals surface area contributed by atoms with Gasteiger partial charge in [0.2, 0.25) is 0 Å². The molecule has 0 radical (unpaired) electrons. The molecule has 0 saturated carbocycles. The highest BCUT2D eigenvalue weighted by molar-refractivity contribution is 5.83. The van der Waals surface area contributed by atoms with E-state index < -0.39 is 11.2 Å². The molecule has 1 aromatic carbocycles. The molecule has 0 aliphatic rings. The summed E-state index contributed by atoms with van der Waals surface area (Å²) in [5.41, 5.74) is 0.340. The molecule has 0 aliphatic carbocycles. The largest absolute Gasteiger partial charge is 0.394 e. The maximum atomic E-state index is 10.9. The fraction of sp³-hybridized carbons (Fsp3) is 0.400. The smallest absolute Gasteiger partial charge is 0.299 e. The Bertz CT molecular complexity index is 584. The third kappa shape index (κ3) is 2.52. The molecule has 0 unspecified atom stereocenters. The summed E-state index contributed by atoms with van der Waals surface area (Å²) in [5.74, 6) is 0. The number of benzene rings is 1. The number of nitro benzene ring substituents is 1. The highest BCUT2D eigenvalue weighted by Gasteiger charge is 2.21. The van der Waals surface area contributed by atoms with Crippen LogP contribution in [-0.2, 0) is 4.74 Å². The number of hydrogen-bond donors (Lipinski definition) is 2. The normalized spacial score (nSPS) is 12.7. The van der Waals surface area contributed by atoms with Gasteiger partial charge in [0, 0.05) is 6.07 Å². The lowest BCUT2D eigenvalue weighted by molar-refractivity contribution is -0.383. The van der Waals surface area contributed by atoms with Crippen molar-refractivity contribution < 1.29 is 19.9 Å². The minimum Gasteiger partial charge on any atom is -0.394 e. The fourth-order valence-corrected chi connectivity index (χ4v) is 1.70. The predicted molar refractivity (Wildman–Crippen MR) is 63.3 cm³/mol. The number of ether oxygens (including phenoxy) is 1. The molecule has 0 spiro atoms. The molecule has 0 bridgehead atoms. The maximum absolute atomic E-state index is 10.9. The summed E-state index contributed by atoms with van der Waals surface area (Å²) in [6.45, 7) is -0.577. The maximum Gasteiger partial charge on any atom is 0.299 e. The first kappa shape index (κ1) is 13.3. The molecule has 102 valence electrons. The van der Waals surface area contributed by atoms with Gasteiger partial charge in [-0.3, -0.25) is 10.1 Å². The number of aliphatic hydroxyl groups is 2. The van der Waals surface area contributed by atoms with Gasteiger partial charge in [0.1, 0.15) is 0 Å². The molecule has 19 heavy (non-hydrogen) atoms. The van der Waals surface area contributed by atoms with Crippen molar-refractivity contribution in [2.24, 2.45) is 0 Å². The molecular weight excluding hydrogens is 256 g/mol. The molecule has 1 atom stereocenters. The summed E-state index contributed by atoms with van der Waals surface area (Å²) in [4.78, 5) is 10.3. The molecule has 9 nitrogen and oxygen atoms in total. The van der Waals surface area contributed by atoms with Crippen molar-refractivity contribution in [3.8, 4) is 0 Å². The van der Waals surface area contributed by atoms with Crippen LogP contribution in [0.3, 0.4) is 0 Å². The van der Waals surface area contributed by atoms with E-state index in [0.29, 0.717) is 5.52 Å². The van der Waals surface area contributed by atoms with Crippen LogP contribution in [0.1, 0.15) is 6.23 Å². The van der Waals surface area contributed by atoms with Gasteiger partial charge < -0.3 is 14.9 Å². The number of nitro groups is 1. The molecule has 2 aromatic rings. The summed E-state index contributed by atoms with van der Waals surface area (Å²) in [7, 11) is 0. The van der Waals surface area contributed by atoms with Crippen LogP contribution < -0.4 is 0 Å². The molecule has 0 fully saturated rings. The lowest BCUT2D eigenvalue weighted by Crippen LogP contribution is -2.19. The van der Waals surface area contributed by atoms with Gasteiger partial charge in [-0.25, -0.2) is 4.68 Å². The molecule has 2 N–H and O–H groups in total. The third-order valence-electron chi connectivity index (χ3n) is 2.51. The quantitative estimate of drug-likeness (QED) is 0.551. The zero-order chi connectivity index (χ0) is 13.8. The first-order valence-corrected chi connectivity index (χ1v) is 5.50. The Labute approximate surface area is 107 Å². The number of aromatic nitrogens is 3. The number of rotatable bonds is 6. The zero-order valence-corrected chi connectivity index (χ0v) is 9.84. The SMILES string of the molecule is O=[N+]([O-])c1cccc2c1nnn2[C@H](CO)OCCO. The van der Waals surface area contributed by atoms with E-state index in [1.807, 2.05) is 0 Å². The van der Waals surface area contributed by atoms with E-state index in [2.05, 4.69) is 10.3 Å². The van der Waals surface area contributed by atoms with Crippen molar-refractivity contribution in [2.75, 3.05) is 19.8 Å². The van der Waals surface area contributed by atoms with Crippen LogP contribution in [0.2, 0.25) is 0 Å². The lowest BCUT2D eigenvalue weighted by atomic mass is 10.2. The van der Waals surface area contributed by atoms with Gasteiger partial charge in [-0.2, -0.15) is 0 Å². The van der Waals surface area contributed by atoms with Crippen LogP contribution in [-0.4, -0.2) is 50.0 Å². The number of aliphatic hydroxyl groups excluding tert-OH is 2. The van der Waals surface area contributed by atoms with Gasteiger partial charge in [-0.05, 0) is 6.07 Å². The number of fused-ring (bicyclic) bond motifs is 1. The molecule has 0 aliphatic heterocycles. The number of nitrogens with zero attached hydrogens (tertiary/aromatic N) is 4. The number of non-ortho nitro benzene ring substituents is 1. The Morgan fingerprint density at radius 1 is 1.47 bits per heavy atom. The summed E-state index contributed by atoms with van der Waals surface area (Å²) >= 11 is 0. The lowest BCUT2D eigenvalue weighted by Gasteiger charge is -2.15. The molecule has 0 saturated heterocycles. The van der Waals surface area contributed by atoms with E-state index in [0.717, 1.165) is 0 Å². The average molecular weight is 268 g/mol. The van der Waals surface area contributed by atoms with Crippen LogP contribution in [0.4, 0.5) is 5.69 Å². The summed E-state index contributed by atoms with van der Waals surface area (Å²) in [6, 6.07) is 4.41. The monoisotopic (exact) mass is 268 g/mol. The topological polar surface area (TPSA) is 124 Å². The highest BCUT2D eigenvalue weighted by atomic mass is 16.6. The first-order chi connectivity index (χ1) is 9.19. The molecule has 1 aromatic heterocycles. The molecule has 0 amide bonds. The zero-order valence-electron chi connectivity index (χ0n) is 9.84. The first-order valence-electron chi connectivity index (χ1n) is 5.50. The Morgan fingerprint density at radius 3 is 2.89 bits per heavy atom. The minimum atomic E-state index is -0.848. The second-order valence-electron chi connectivity index (χ2n) is 3.67. The van der Waals surface area contributed by atoms with Crippen molar-refractivity contribution in [1.29, 1.82) is 0 Å². The molecule has 9 heteroatoms. The van der Waals surface area contributed by atoms with E-state index in [1.54, 1.807) is 6.07 Å². The fourth-order valence-electron chi connectivity index (χ4n) is 1.70. The second kappa shape index (κ2) is 5.69. The van der Waals surface area contributed by atoms with E-state index in [9.17, 15) is 15.2 Å². The van der Waals surface area contributed by atoms with Crippen LogP contribution in [0.5, 0.6) is 0 Å². The molecular formula is C10H12N4O5. The Morgan fingerprint density at radius 2 is 2.26 bits per heavy atom. The minimum absolute atomic E-state index is 0.0154. The Balaban J connectivity index is 2.44. The van der Waals surface area contributed by atoms with Crippen molar-refractivity contribution >= 4 is 16.7 Å². The van der Waals surface area contributed by atoms with Crippen LogP contribution in [0, 0.1) is 10.1 Å². The molecule has 1 heterocycles. The third-order valence-corrected chi connectivity index (χ3v) is 2.51.